The van der Waals surface area contributed by atoms with Crippen molar-refractivity contribution in [1.82, 2.24) is 0 Å². The Kier molecular flexibility index (Phi) is 11.6. The molecule has 0 aliphatic rings. The molecule has 5 aromatic rings. The molecular formula is C34H35CuN3P. The average molecular weight is 580 g/mol. The third kappa shape index (κ3) is 8.22. The van der Waals surface area contributed by atoms with Crippen molar-refractivity contribution in [3.05, 3.63) is 145 Å². The van der Waals surface area contributed by atoms with E-state index in [9.17, 15) is 0 Å². The van der Waals surface area contributed by atoms with Crippen LogP contribution in [-0.4, -0.2) is 28.2 Å². The van der Waals surface area contributed by atoms with E-state index in [2.05, 4.69) is 113 Å². The molecule has 0 saturated carbocycles. The molecule has 0 fully saturated rings. The predicted octanol–water partition coefficient (Wildman–Crippen LogP) is 7.60. The Labute approximate surface area is 245 Å². The van der Waals surface area contributed by atoms with Crippen LogP contribution >= 0.6 is 7.92 Å². The Morgan fingerprint density at radius 2 is 0.692 bits per heavy atom. The van der Waals surface area contributed by atoms with E-state index in [1.807, 2.05) is 64.6 Å². The van der Waals surface area contributed by atoms with Crippen LogP contribution in [0.2, 0.25) is 0 Å². The molecule has 39 heavy (non-hydrogen) atoms. The van der Waals surface area contributed by atoms with Crippen LogP contribution in [0.15, 0.2) is 140 Å². The molecular weight excluding hydrogens is 545 g/mol. The summed E-state index contributed by atoms with van der Waals surface area (Å²) in [6.07, 6.45) is 0. The second kappa shape index (κ2) is 15.1. The number of para-hydroxylation sites is 4. The average Bonchev–Trinajstić information content (AvgIpc) is 2.96. The third-order valence-electron chi connectivity index (χ3n) is 6.01. The summed E-state index contributed by atoms with van der Waals surface area (Å²) >= 11 is 0. The van der Waals surface area contributed by atoms with Gasteiger partial charge in [-0.25, -0.2) is 0 Å². The van der Waals surface area contributed by atoms with Crippen molar-refractivity contribution in [3.8, 4) is 0 Å². The number of hydrogen-bond acceptors (Lipinski definition) is 2. The first-order chi connectivity index (χ1) is 18.5. The van der Waals surface area contributed by atoms with Gasteiger partial charge in [0.15, 0.2) is 0 Å². The van der Waals surface area contributed by atoms with Gasteiger partial charge in [-0.3, -0.25) is 0 Å². The molecule has 0 unspecified atom stereocenters. The summed E-state index contributed by atoms with van der Waals surface area (Å²) in [4.78, 5) is 4.16. The van der Waals surface area contributed by atoms with Gasteiger partial charge in [0.2, 0.25) is 0 Å². The Morgan fingerprint density at radius 1 is 0.410 bits per heavy atom. The summed E-state index contributed by atoms with van der Waals surface area (Å²) in [5, 5.41) is 8.99. The molecule has 5 rings (SSSR count). The van der Waals surface area contributed by atoms with E-state index in [4.69, 9.17) is 5.32 Å². The number of hydrogen-bond donors (Lipinski definition) is 0. The summed E-state index contributed by atoms with van der Waals surface area (Å²) in [6.45, 7) is 0. The number of nitrogens with zero attached hydrogens (tertiary/aromatic N) is 3. The van der Waals surface area contributed by atoms with Crippen molar-refractivity contribution < 1.29 is 17.1 Å². The van der Waals surface area contributed by atoms with E-state index in [-0.39, 0.29) is 17.1 Å². The first-order valence-electron chi connectivity index (χ1n) is 12.7. The minimum Gasteiger partial charge on any atom is -0.655 e. The Hall–Kier alpha value is -3.55. The van der Waals surface area contributed by atoms with Crippen molar-refractivity contribution in [2.24, 2.45) is 0 Å². The van der Waals surface area contributed by atoms with Crippen LogP contribution in [0.4, 0.5) is 22.7 Å². The molecule has 0 aromatic heterocycles. The molecule has 0 amide bonds. The van der Waals surface area contributed by atoms with Gasteiger partial charge in [-0.05, 0) is 36.0 Å². The van der Waals surface area contributed by atoms with Crippen molar-refractivity contribution in [2.75, 3.05) is 38.0 Å². The smallest absolute Gasteiger partial charge is 0.655 e. The van der Waals surface area contributed by atoms with E-state index in [1.54, 1.807) is 0 Å². The van der Waals surface area contributed by atoms with Crippen LogP contribution in [0, 0.1) is 0 Å². The maximum atomic E-state index is 4.80. The number of anilines is 2. The molecule has 3 nitrogen and oxygen atoms in total. The quantitative estimate of drug-likeness (QED) is 0.146. The molecule has 0 aliphatic carbocycles. The Morgan fingerprint density at radius 3 is 1.00 bits per heavy atom. The Bertz CT molecular complexity index is 1250. The summed E-state index contributed by atoms with van der Waals surface area (Å²) in [7, 11) is 7.69. The molecule has 0 N–H and O–H groups in total. The molecule has 0 radical (unpaired) electrons. The zero-order valence-corrected chi connectivity index (χ0v) is 24.7. The van der Waals surface area contributed by atoms with Gasteiger partial charge in [-0.1, -0.05) is 127 Å². The monoisotopic (exact) mass is 579 g/mol. The predicted molar refractivity (Wildman–Crippen MR) is 169 cm³/mol. The van der Waals surface area contributed by atoms with Crippen LogP contribution in [0.3, 0.4) is 0 Å². The molecule has 0 heterocycles. The molecule has 0 bridgehead atoms. The first-order valence-corrected chi connectivity index (χ1v) is 14.1. The Balaban J connectivity index is 0.000000210. The second-order valence-electron chi connectivity index (χ2n) is 9.22. The van der Waals surface area contributed by atoms with Gasteiger partial charge in [0.05, 0.1) is 0 Å². The summed E-state index contributed by atoms with van der Waals surface area (Å²) < 4.78 is 0. The minimum absolute atomic E-state index is 0. The fourth-order valence-corrected chi connectivity index (χ4v) is 6.49. The second-order valence-corrected chi connectivity index (χ2v) is 11.4. The summed E-state index contributed by atoms with van der Waals surface area (Å²) in [6, 6.07) is 48.7. The van der Waals surface area contributed by atoms with Gasteiger partial charge >= 0.3 is 17.1 Å². The molecule has 0 atom stereocenters. The molecule has 0 saturated heterocycles. The van der Waals surface area contributed by atoms with Crippen molar-refractivity contribution in [1.29, 1.82) is 0 Å². The van der Waals surface area contributed by atoms with E-state index >= 15 is 0 Å². The molecule has 5 aromatic carbocycles. The van der Waals surface area contributed by atoms with Crippen LogP contribution in [-0.2, 0) is 17.1 Å². The fourth-order valence-electron chi connectivity index (χ4n) is 4.18. The van der Waals surface area contributed by atoms with E-state index < -0.39 is 7.92 Å². The van der Waals surface area contributed by atoms with Crippen LogP contribution in [0.5, 0.6) is 0 Å². The van der Waals surface area contributed by atoms with Gasteiger partial charge in [-0.15, -0.1) is 11.4 Å². The standard InChI is InChI=1S/C18H15P.C16H20N3.Cu/c1-4-10-16(11-5-1)19(17-12-6-2-7-13-17)18-14-8-3-9-15-18;1-18(2)15-11-7-5-9-13(15)17-14-10-6-8-12-16(14)19(3)4;/h1-15H;5-12H,1-4H3;/q;-1;+1. The number of rotatable bonds is 7. The molecule has 202 valence electrons. The number of benzene rings is 5. The van der Waals surface area contributed by atoms with Crippen LogP contribution in [0.1, 0.15) is 0 Å². The van der Waals surface area contributed by atoms with E-state index in [0.29, 0.717) is 0 Å². The third-order valence-corrected chi connectivity index (χ3v) is 8.45. The zero-order chi connectivity index (χ0) is 26.7. The zero-order valence-electron chi connectivity index (χ0n) is 22.9. The topological polar surface area (TPSA) is 20.6 Å². The molecule has 0 spiro atoms. The van der Waals surface area contributed by atoms with Gasteiger partial charge in [0.1, 0.15) is 0 Å². The van der Waals surface area contributed by atoms with Gasteiger partial charge < -0.3 is 15.1 Å². The molecule has 5 heteroatoms. The van der Waals surface area contributed by atoms with Gasteiger partial charge in [0, 0.05) is 39.6 Å². The maximum absolute atomic E-state index is 4.80. The normalized spacial score (nSPS) is 10.1. The fraction of sp³-hybridized carbons (Fsp3) is 0.118. The van der Waals surface area contributed by atoms with Crippen molar-refractivity contribution in [3.63, 3.8) is 0 Å². The summed E-state index contributed by atoms with van der Waals surface area (Å²) in [5.74, 6) is 0. The molecule has 0 aliphatic heterocycles. The largest absolute Gasteiger partial charge is 1.00 e. The minimum atomic E-state index is -0.446. The van der Waals surface area contributed by atoms with Crippen LogP contribution < -0.4 is 25.7 Å². The van der Waals surface area contributed by atoms with E-state index in [0.717, 1.165) is 22.7 Å². The van der Waals surface area contributed by atoms with Crippen LogP contribution in [0.25, 0.3) is 5.32 Å². The van der Waals surface area contributed by atoms with Crippen molar-refractivity contribution >= 4 is 46.6 Å². The maximum Gasteiger partial charge on any atom is 1.00 e. The van der Waals surface area contributed by atoms with Gasteiger partial charge in [0.25, 0.3) is 0 Å². The van der Waals surface area contributed by atoms with Gasteiger partial charge in [-0.2, -0.15) is 0 Å². The first kappa shape index (κ1) is 30.0. The van der Waals surface area contributed by atoms with E-state index in [1.165, 1.54) is 15.9 Å². The van der Waals surface area contributed by atoms with Crippen molar-refractivity contribution in [2.45, 2.75) is 0 Å². The summed E-state index contributed by atoms with van der Waals surface area (Å²) in [5.41, 5.74) is 4.22. The SMILES string of the molecule is CN(C)c1ccccc1[N-]c1ccccc1N(C)C.[Cu+].c1ccc(P(c2ccccc2)c2ccccc2)cc1.